The number of rotatable bonds is 3. The fourth-order valence-electron chi connectivity index (χ4n) is 1.24. The van der Waals surface area contributed by atoms with Crippen molar-refractivity contribution in [2.45, 2.75) is 13.5 Å². The number of thiazole rings is 1. The zero-order valence-electron chi connectivity index (χ0n) is 9.08. The molecule has 0 fully saturated rings. The molecule has 2 aromatic rings. The van der Waals surface area contributed by atoms with Gasteiger partial charge >= 0.3 is 0 Å². The third-order valence-electron chi connectivity index (χ3n) is 2.05. The maximum absolute atomic E-state index is 11.8. The van der Waals surface area contributed by atoms with E-state index in [1.54, 1.807) is 18.5 Å². The minimum atomic E-state index is -0.373. The van der Waals surface area contributed by atoms with E-state index in [4.69, 9.17) is 0 Å². The van der Waals surface area contributed by atoms with Gasteiger partial charge in [0.05, 0.1) is 0 Å². The van der Waals surface area contributed by atoms with E-state index < -0.39 is 0 Å². The van der Waals surface area contributed by atoms with Crippen LogP contribution < -0.4 is 10.9 Å². The standard InChI is InChI=1S/C10H10N4O2S/c1-2-14-8(15)4-3-7(13-14)9(16)12-10-11-5-6-17-10/h3-6H,2H2,1H3,(H,11,12,16). The Labute approximate surface area is 101 Å². The van der Waals surface area contributed by atoms with E-state index >= 15 is 0 Å². The van der Waals surface area contributed by atoms with Crippen molar-refractivity contribution in [3.63, 3.8) is 0 Å². The molecule has 2 aromatic heterocycles. The highest BCUT2D eigenvalue weighted by Crippen LogP contribution is 2.11. The SMILES string of the molecule is CCn1nc(C(=O)Nc2nccs2)ccc1=O. The van der Waals surface area contributed by atoms with Crippen LogP contribution in [0, 0.1) is 0 Å². The summed E-state index contributed by atoms with van der Waals surface area (Å²) in [6.07, 6.45) is 1.60. The van der Waals surface area contributed by atoms with Crippen molar-refractivity contribution < 1.29 is 4.79 Å². The Bertz CT molecular complexity index is 576. The predicted octanol–water partition coefficient (Wildman–Crippen LogP) is 0.972. The molecule has 0 atom stereocenters. The summed E-state index contributed by atoms with van der Waals surface area (Å²) in [6.45, 7) is 2.22. The first kappa shape index (κ1) is 11.5. The van der Waals surface area contributed by atoms with E-state index in [2.05, 4.69) is 15.4 Å². The molecule has 7 heteroatoms. The average molecular weight is 250 g/mol. The number of hydrogen-bond donors (Lipinski definition) is 1. The van der Waals surface area contributed by atoms with Gasteiger partial charge in [0.2, 0.25) is 0 Å². The van der Waals surface area contributed by atoms with Gasteiger partial charge in [0.25, 0.3) is 11.5 Å². The van der Waals surface area contributed by atoms with Crippen molar-refractivity contribution in [1.29, 1.82) is 0 Å². The monoisotopic (exact) mass is 250 g/mol. The number of aryl methyl sites for hydroxylation is 1. The number of carbonyl (C=O) groups is 1. The van der Waals surface area contributed by atoms with E-state index in [9.17, 15) is 9.59 Å². The van der Waals surface area contributed by atoms with Crippen LogP contribution in [-0.4, -0.2) is 20.7 Å². The molecule has 1 amide bonds. The van der Waals surface area contributed by atoms with Gasteiger partial charge < -0.3 is 0 Å². The largest absolute Gasteiger partial charge is 0.296 e. The molecule has 17 heavy (non-hydrogen) atoms. The molecule has 0 aliphatic carbocycles. The van der Waals surface area contributed by atoms with Gasteiger partial charge in [-0.25, -0.2) is 9.67 Å². The number of aromatic nitrogens is 3. The molecule has 88 valence electrons. The van der Waals surface area contributed by atoms with Crippen LogP contribution in [-0.2, 0) is 6.54 Å². The van der Waals surface area contributed by atoms with Crippen LogP contribution in [0.2, 0.25) is 0 Å². The van der Waals surface area contributed by atoms with Crippen LogP contribution in [0.5, 0.6) is 0 Å². The van der Waals surface area contributed by atoms with E-state index in [0.717, 1.165) is 0 Å². The Balaban J connectivity index is 2.22. The van der Waals surface area contributed by atoms with E-state index in [1.165, 1.54) is 28.2 Å². The quantitative estimate of drug-likeness (QED) is 0.880. The second kappa shape index (κ2) is 4.88. The molecule has 6 nitrogen and oxygen atoms in total. The molecule has 0 unspecified atom stereocenters. The summed E-state index contributed by atoms with van der Waals surface area (Å²) in [5.41, 5.74) is -0.0278. The van der Waals surface area contributed by atoms with Crippen LogP contribution >= 0.6 is 11.3 Å². The molecule has 2 heterocycles. The molecule has 0 aliphatic heterocycles. The first-order valence-corrected chi connectivity index (χ1v) is 5.87. The third kappa shape index (κ3) is 2.56. The number of hydrogen-bond acceptors (Lipinski definition) is 5. The highest BCUT2D eigenvalue weighted by Gasteiger charge is 2.10. The Hall–Kier alpha value is -2.02. The molecule has 0 aromatic carbocycles. The van der Waals surface area contributed by atoms with Crippen LogP contribution in [0.4, 0.5) is 5.13 Å². The second-order valence-corrected chi connectivity index (χ2v) is 4.06. The van der Waals surface area contributed by atoms with Crippen LogP contribution in [0.15, 0.2) is 28.5 Å². The molecule has 1 N–H and O–H groups in total. The predicted molar refractivity (Wildman–Crippen MR) is 64.2 cm³/mol. The minimum Gasteiger partial charge on any atom is -0.296 e. The van der Waals surface area contributed by atoms with Crippen molar-refractivity contribution in [2.24, 2.45) is 0 Å². The van der Waals surface area contributed by atoms with Crippen molar-refractivity contribution in [1.82, 2.24) is 14.8 Å². The van der Waals surface area contributed by atoms with Gasteiger partial charge in [0, 0.05) is 24.2 Å². The van der Waals surface area contributed by atoms with Crippen LogP contribution in [0.1, 0.15) is 17.4 Å². The minimum absolute atomic E-state index is 0.196. The molecule has 0 aliphatic rings. The topological polar surface area (TPSA) is 76.9 Å². The van der Waals surface area contributed by atoms with E-state index in [1.807, 2.05) is 0 Å². The summed E-state index contributed by atoms with van der Waals surface area (Å²) in [4.78, 5) is 27.0. The lowest BCUT2D eigenvalue weighted by molar-refractivity contribution is 0.102. The molecular formula is C10H10N4O2S. The van der Waals surface area contributed by atoms with Gasteiger partial charge in [-0.2, -0.15) is 5.10 Å². The maximum Gasteiger partial charge on any atom is 0.277 e. The summed E-state index contributed by atoms with van der Waals surface area (Å²) in [5, 5.41) is 8.81. The van der Waals surface area contributed by atoms with Crippen molar-refractivity contribution in [3.8, 4) is 0 Å². The summed E-state index contributed by atoms with van der Waals surface area (Å²) in [7, 11) is 0. The summed E-state index contributed by atoms with van der Waals surface area (Å²) >= 11 is 1.32. The fourth-order valence-corrected chi connectivity index (χ4v) is 1.77. The fraction of sp³-hybridized carbons (Fsp3) is 0.200. The van der Waals surface area contributed by atoms with Gasteiger partial charge in [-0.05, 0) is 13.0 Å². The first-order valence-electron chi connectivity index (χ1n) is 4.99. The van der Waals surface area contributed by atoms with Gasteiger partial charge in [0.15, 0.2) is 5.13 Å². The number of nitrogens with one attached hydrogen (secondary N) is 1. The maximum atomic E-state index is 11.8. The second-order valence-electron chi connectivity index (χ2n) is 3.16. The van der Waals surface area contributed by atoms with Gasteiger partial charge in [-0.1, -0.05) is 0 Å². The molecule has 0 saturated carbocycles. The van der Waals surface area contributed by atoms with Crippen molar-refractivity contribution >= 4 is 22.4 Å². The van der Waals surface area contributed by atoms with Crippen LogP contribution in [0.25, 0.3) is 0 Å². The molecular weight excluding hydrogens is 240 g/mol. The summed E-state index contributed by atoms with van der Waals surface area (Å²) < 4.78 is 1.23. The molecule has 0 spiro atoms. The van der Waals surface area contributed by atoms with Crippen molar-refractivity contribution in [3.05, 3.63) is 39.8 Å². The highest BCUT2D eigenvalue weighted by molar-refractivity contribution is 7.13. The molecule has 0 bridgehead atoms. The molecule has 0 radical (unpaired) electrons. The Kier molecular flexibility index (Phi) is 3.29. The van der Waals surface area contributed by atoms with Crippen LogP contribution in [0.3, 0.4) is 0 Å². The lowest BCUT2D eigenvalue weighted by Gasteiger charge is -2.03. The average Bonchev–Trinajstić information content (AvgIpc) is 2.82. The lowest BCUT2D eigenvalue weighted by Crippen LogP contribution is -2.25. The molecule has 2 rings (SSSR count). The van der Waals surface area contributed by atoms with Gasteiger partial charge in [-0.15, -0.1) is 11.3 Å². The van der Waals surface area contributed by atoms with E-state index in [0.29, 0.717) is 11.7 Å². The number of carbonyl (C=O) groups excluding carboxylic acids is 1. The Morgan fingerprint density at radius 1 is 1.53 bits per heavy atom. The van der Waals surface area contributed by atoms with Gasteiger partial charge in [-0.3, -0.25) is 14.9 Å². The lowest BCUT2D eigenvalue weighted by atomic mass is 10.3. The zero-order chi connectivity index (χ0) is 12.3. The normalized spacial score (nSPS) is 10.2. The Morgan fingerprint density at radius 2 is 2.35 bits per heavy atom. The number of nitrogens with zero attached hydrogens (tertiary/aromatic N) is 3. The Morgan fingerprint density at radius 3 is 3.00 bits per heavy atom. The number of anilines is 1. The smallest absolute Gasteiger partial charge is 0.277 e. The van der Waals surface area contributed by atoms with E-state index in [-0.39, 0.29) is 17.2 Å². The third-order valence-corrected chi connectivity index (χ3v) is 2.74. The van der Waals surface area contributed by atoms with Gasteiger partial charge in [0.1, 0.15) is 5.69 Å². The summed E-state index contributed by atoms with van der Waals surface area (Å²) in [5.74, 6) is -0.373. The molecule has 0 saturated heterocycles. The highest BCUT2D eigenvalue weighted by atomic mass is 32.1. The first-order chi connectivity index (χ1) is 8.20. The number of amides is 1. The summed E-state index contributed by atoms with van der Waals surface area (Å²) in [6, 6.07) is 2.73. The van der Waals surface area contributed by atoms with Crippen molar-refractivity contribution in [2.75, 3.05) is 5.32 Å². The zero-order valence-corrected chi connectivity index (χ0v) is 9.90.